The van der Waals surface area contributed by atoms with Crippen LogP contribution < -0.4 is 0 Å². The largest absolute Gasteiger partial charge is 0.479 e. The zero-order valence-electron chi connectivity index (χ0n) is 12.9. The van der Waals surface area contributed by atoms with Crippen LogP contribution in [-0.4, -0.2) is 34.2 Å². The summed E-state index contributed by atoms with van der Waals surface area (Å²) in [4.78, 5) is 25.1. The lowest BCUT2D eigenvalue weighted by atomic mass is 10.1. The Hall–Kier alpha value is -1.27. The van der Waals surface area contributed by atoms with E-state index in [0.717, 1.165) is 0 Å². The van der Waals surface area contributed by atoms with Gasteiger partial charge in [0.2, 0.25) is 0 Å². The van der Waals surface area contributed by atoms with Gasteiger partial charge in [-0.2, -0.15) is 0 Å². The molecule has 122 valence electrons. The molecule has 0 aliphatic rings. The lowest BCUT2D eigenvalue weighted by molar-refractivity contribution is -0.143. The van der Waals surface area contributed by atoms with Crippen LogP contribution in [0.5, 0.6) is 0 Å². The van der Waals surface area contributed by atoms with E-state index in [0.29, 0.717) is 15.1 Å². The average Bonchev–Trinajstić information content (AvgIpc) is 2.36. The lowest BCUT2D eigenvalue weighted by Crippen LogP contribution is -2.42. The number of carboxylic acid groups (broad SMARTS) is 1. The number of benzene rings is 1. The minimum atomic E-state index is -1.14. The minimum Gasteiger partial charge on any atom is -0.479 e. The van der Waals surface area contributed by atoms with Gasteiger partial charge >= 0.3 is 12.1 Å². The molecule has 1 aromatic carbocycles. The van der Waals surface area contributed by atoms with Crippen molar-refractivity contribution < 1.29 is 19.4 Å². The molecule has 0 aliphatic carbocycles. The fourth-order valence-electron chi connectivity index (χ4n) is 1.88. The van der Waals surface area contributed by atoms with Crippen LogP contribution in [0.1, 0.15) is 39.3 Å². The van der Waals surface area contributed by atoms with E-state index in [2.05, 4.69) is 15.9 Å². The number of ether oxygens (including phenoxy) is 1. The molecular weight excluding hydrogens is 374 g/mol. The molecule has 1 rings (SSSR count). The second-order valence-electron chi connectivity index (χ2n) is 5.68. The Morgan fingerprint density at radius 1 is 1.41 bits per heavy atom. The molecule has 0 fully saturated rings. The normalized spacial score (nSPS) is 12.6. The molecule has 1 unspecified atom stereocenters. The first-order valence-electron chi connectivity index (χ1n) is 6.74. The molecule has 0 radical (unpaired) electrons. The summed E-state index contributed by atoms with van der Waals surface area (Å²) < 4.78 is 5.85. The summed E-state index contributed by atoms with van der Waals surface area (Å²) in [5.74, 6) is -1.14. The number of nitrogens with zero attached hydrogens (tertiary/aromatic N) is 1. The van der Waals surface area contributed by atoms with Crippen LogP contribution in [0.25, 0.3) is 0 Å². The molecule has 0 heterocycles. The van der Waals surface area contributed by atoms with E-state index in [1.165, 1.54) is 4.90 Å². The Labute approximate surface area is 143 Å². The molecule has 0 spiro atoms. The predicted octanol–water partition coefficient (Wildman–Crippen LogP) is 4.49. The zero-order valence-corrected chi connectivity index (χ0v) is 15.2. The third-order valence-electron chi connectivity index (χ3n) is 2.77. The molecule has 1 N–H and O–H groups in total. The van der Waals surface area contributed by atoms with E-state index in [1.807, 2.05) is 0 Å². The molecular formula is C15H19BrClNO4. The quantitative estimate of drug-likeness (QED) is 0.820. The highest BCUT2D eigenvalue weighted by Crippen LogP contribution is 2.29. The van der Waals surface area contributed by atoms with Crippen LogP contribution in [0, 0.1) is 0 Å². The van der Waals surface area contributed by atoms with E-state index in [4.69, 9.17) is 16.3 Å². The smallest absolute Gasteiger partial charge is 0.411 e. The summed E-state index contributed by atoms with van der Waals surface area (Å²) in [5, 5.41) is 10.0. The van der Waals surface area contributed by atoms with Crippen molar-refractivity contribution in [1.29, 1.82) is 0 Å². The molecule has 0 saturated carbocycles. The lowest BCUT2D eigenvalue weighted by Gasteiger charge is -2.31. The van der Waals surface area contributed by atoms with Gasteiger partial charge in [-0.25, -0.2) is 9.59 Å². The van der Waals surface area contributed by atoms with Crippen molar-refractivity contribution in [2.75, 3.05) is 6.54 Å². The maximum Gasteiger partial charge on any atom is 0.411 e. The second kappa shape index (κ2) is 7.33. The molecule has 5 nitrogen and oxygen atoms in total. The number of halogens is 2. The Kier molecular flexibility index (Phi) is 6.26. The van der Waals surface area contributed by atoms with Gasteiger partial charge in [-0.1, -0.05) is 17.7 Å². The zero-order chi connectivity index (χ0) is 17.1. The average molecular weight is 393 g/mol. The number of carbonyl (C=O) groups excluding carboxylic acids is 1. The number of amides is 1. The van der Waals surface area contributed by atoms with Crippen molar-refractivity contribution in [3.63, 3.8) is 0 Å². The monoisotopic (exact) mass is 391 g/mol. The number of carbonyl (C=O) groups is 2. The van der Waals surface area contributed by atoms with Gasteiger partial charge < -0.3 is 9.84 Å². The van der Waals surface area contributed by atoms with Crippen LogP contribution in [0.3, 0.4) is 0 Å². The summed E-state index contributed by atoms with van der Waals surface area (Å²) in [6, 6.07) is 3.61. The number of hydrogen-bond donors (Lipinski definition) is 1. The summed E-state index contributed by atoms with van der Waals surface area (Å²) in [5.41, 5.74) is -0.259. The summed E-state index contributed by atoms with van der Waals surface area (Å²) in [6.45, 7) is 7.09. The Balaban J connectivity index is 3.18. The van der Waals surface area contributed by atoms with Crippen molar-refractivity contribution in [3.8, 4) is 0 Å². The molecule has 22 heavy (non-hydrogen) atoms. The highest BCUT2D eigenvalue weighted by atomic mass is 79.9. The van der Waals surface area contributed by atoms with Crippen molar-refractivity contribution in [2.45, 2.75) is 39.3 Å². The van der Waals surface area contributed by atoms with E-state index in [1.54, 1.807) is 45.9 Å². The number of aliphatic carboxylic acids is 1. The summed E-state index contributed by atoms with van der Waals surface area (Å²) >= 11 is 9.19. The van der Waals surface area contributed by atoms with Crippen LogP contribution in [-0.2, 0) is 9.53 Å². The van der Waals surface area contributed by atoms with E-state index < -0.39 is 23.7 Å². The SMILES string of the molecule is CCN(C(=O)OC(C)(C)C)C(C(=O)O)c1ccc(Cl)c(Br)c1. The predicted molar refractivity (Wildman–Crippen MR) is 88.1 cm³/mol. The van der Waals surface area contributed by atoms with Crippen molar-refractivity contribution in [1.82, 2.24) is 4.90 Å². The maximum absolute atomic E-state index is 12.3. The van der Waals surface area contributed by atoms with Crippen molar-refractivity contribution in [3.05, 3.63) is 33.3 Å². The molecule has 0 aliphatic heterocycles. The number of rotatable bonds is 4. The Bertz CT molecular complexity index is 571. The van der Waals surface area contributed by atoms with Gasteiger partial charge in [-0.15, -0.1) is 0 Å². The second-order valence-corrected chi connectivity index (χ2v) is 6.94. The van der Waals surface area contributed by atoms with Gasteiger partial charge in [-0.3, -0.25) is 4.90 Å². The van der Waals surface area contributed by atoms with Crippen LogP contribution in [0.15, 0.2) is 22.7 Å². The number of hydrogen-bond acceptors (Lipinski definition) is 3. The van der Waals surface area contributed by atoms with Gasteiger partial charge in [0.1, 0.15) is 5.60 Å². The Morgan fingerprint density at radius 3 is 2.41 bits per heavy atom. The van der Waals surface area contributed by atoms with Gasteiger partial charge in [-0.05, 0) is 61.3 Å². The summed E-state index contributed by atoms with van der Waals surface area (Å²) in [7, 11) is 0. The van der Waals surface area contributed by atoms with Crippen LogP contribution in [0.4, 0.5) is 4.79 Å². The van der Waals surface area contributed by atoms with Gasteiger partial charge in [0.15, 0.2) is 6.04 Å². The van der Waals surface area contributed by atoms with E-state index in [-0.39, 0.29) is 6.54 Å². The van der Waals surface area contributed by atoms with E-state index in [9.17, 15) is 14.7 Å². The van der Waals surface area contributed by atoms with Gasteiger partial charge in [0.05, 0.1) is 5.02 Å². The minimum absolute atomic E-state index is 0.201. The molecule has 1 aromatic rings. The topological polar surface area (TPSA) is 66.8 Å². The third kappa shape index (κ3) is 4.88. The molecule has 0 aromatic heterocycles. The van der Waals surface area contributed by atoms with Crippen LogP contribution in [0.2, 0.25) is 5.02 Å². The third-order valence-corrected chi connectivity index (χ3v) is 3.99. The molecule has 1 atom stereocenters. The van der Waals surface area contributed by atoms with E-state index >= 15 is 0 Å². The molecule has 7 heteroatoms. The molecule has 0 saturated heterocycles. The van der Waals surface area contributed by atoms with Crippen LogP contribution >= 0.6 is 27.5 Å². The van der Waals surface area contributed by atoms with Crippen molar-refractivity contribution in [2.24, 2.45) is 0 Å². The first-order valence-corrected chi connectivity index (χ1v) is 7.91. The number of likely N-dealkylation sites (N-methyl/N-ethyl adjacent to an activating group) is 1. The van der Waals surface area contributed by atoms with Crippen molar-refractivity contribution >= 4 is 39.6 Å². The fourth-order valence-corrected chi connectivity index (χ4v) is 2.39. The summed E-state index contributed by atoms with van der Waals surface area (Å²) in [6.07, 6.45) is -0.673. The standard InChI is InChI=1S/C15H19BrClNO4/c1-5-18(14(21)22-15(2,3)4)12(13(19)20)9-6-7-11(17)10(16)8-9/h6-8,12H,5H2,1-4H3,(H,19,20). The first-order chi connectivity index (χ1) is 10.1. The highest BCUT2D eigenvalue weighted by Gasteiger charge is 2.33. The van der Waals surface area contributed by atoms with Gasteiger partial charge in [0, 0.05) is 11.0 Å². The molecule has 0 bridgehead atoms. The number of carboxylic acids is 1. The fraction of sp³-hybridized carbons (Fsp3) is 0.467. The first kappa shape index (κ1) is 18.8. The highest BCUT2D eigenvalue weighted by molar-refractivity contribution is 9.10. The Morgan fingerprint density at radius 2 is 2.00 bits per heavy atom. The molecule has 1 amide bonds. The maximum atomic E-state index is 12.3. The van der Waals surface area contributed by atoms with Gasteiger partial charge in [0.25, 0.3) is 0 Å².